The van der Waals surface area contributed by atoms with Gasteiger partial charge in [-0.1, -0.05) is 0 Å². The Balaban J connectivity index is 2.03. The van der Waals surface area contributed by atoms with Crippen LogP contribution in [-0.2, 0) is 13.6 Å². The predicted octanol–water partition coefficient (Wildman–Crippen LogP) is 1.65. The molecule has 90 valence electrons. The SMILES string of the molecule is Cc1ccc(C(=O)NCc2c[nH]c(=S)[nH]2)n1C. The molecule has 0 saturated heterocycles. The van der Waals surface area contributed by atoms with Crippen LogP contribution in [0.2, 0.25) is 0 Å². The van der Waals surface area contributed by atoms with Crippen molar-refractivity contribution in [3.8, 4) is 0 Å². The van der Waals surface area contributed by atoms with Gasteiger partial charge in [-0.05, 0) is 31.3 Å². The Labute approximate surface area is 104 Å². The summed E-state index contributed by atoms with van der Waals surface area (Å²) in [6.07, 6.45) is 1.75. The second kappa shape index (κ2) is 4.58. The predicted molar refractivity (Wildman–Crippen MR) is 67.3 cm³/mol. The number of hydrogen-bond acceptors (Lipinski definition) is 2. The first-order chi connectivity index (χ1) is 8.08. The van der Waals surface area contributed by atoms with Gasteiger partial charge < -0.3 is 19.9 Å². The molecule has 0 aliphatic carbocycles. The first kappa shape index (κ1) is 11.7. The van der Waals surface area contributed by atoms with Crippen molar-refractivity contribution in [2.24, 2.45) is 7.05 Å². The molecule has 0 aliphatic heterocycles. The molecule has 0 bridgehead atoms. The Kier molecular flexibility index (Phi) is 3.14. The van der Waals surface area contributed by atoms with Crippen LogP contribution >= 0.6 is 12.2 Å². The molecule has 0 atom stereocenters. The van der Waals surface area contributed by atoms with Gasteiger partial charge >= 0.3 is 0 Å². The molecule has 3 N–H and O–H groups in total. The number of imidazole rings is 1. The largest absolute Gasteiger partial charge is 0.345 e. The number of nitrogens with zero attached hydrogens (tertiary/aromatic N) is 1. The molecular formula is C11H14N4OS. The van der Waals surface area contributed by atoms with Gasteiger partial charge in [0.25, 0.3) is 5.91 Å². The quantitative estimate of drug-likeness (QED) is 0.725. The van der Waals surface area contributed by atoms with Crippen LogP contribution in [0.5, 0.6) is 0 Å². The molecule has 0 spiro atoms. The minimum absolute atomic E-state index is 0.0962. The van der Waals surface area contributed by atoms with E-state index in [4.69, 9.17) is 12.2 Å². The lowest BCUT2D eigenvalue weighted by Crippen LogP contribution is -2.25. The van der Waals surface area contributed by atoms with Gasteiger partial charge in [-0.25, -0.2) is 0 Å². The van der Waals surface area contributed by atoms with Crippen LogP contribution in [0, 0.1) is 11.7 Å². The van der Waals surface area contributed by atoms with Gasteiger partial charge in [0, 0.05) is 18.9 Å². The second-order valence-electron chi connectivity index (χ2n) is 3.87. The summed E-state index contributed by atoms with van der Waals surface area (Å²) in [4.78, 5) is 17.7. The number of nitrogens with one attached hydrogen (secondary N) is 3. The number of hydrogen-bond donors (Lipinski definition) is 3. The van der Waals surface area contributed by atoms with Crippen LogP contribution in [0.1, 0.15) is 21.9 Å². The second-order valence-corrected chi connectivity index (χ2v) is 4.28. The third-order valence-electron chi connectivity index (χ3n) is 2.70. The zero-order valence-electron chi connectivity index (χ0n) is 9.70. The van der Waals surface area contributed by atoms with Crippen LogP contribution in [0.4, 0.5) is 0 Å². The zero-order valence-corrected chi connectivity index (χ0v) is 10.5. The van der Waals surface area contributed by atoms with E-state index in [0.29, 0.717) is 17.0 Å². The first-order valence-electron chi connectivity index (χ1n) is 5.25. The minimum Gasteiger partial charge on any atom is -0.345 e. The van der Waals surface area contributed by atoms with E-state index in [9.17, 15) is 4.79 Å². The topological polar surface area (TPSA) is 65.6 Å². The van der Waals surface area contributed by atoms with Crippen molar-refractivity contribution in [3.05, 3.63) is 40.2 Å². The highest BCUT2D eigenvalue weighted by Crippen LogP contribution is 2.05. The van der Waals surface area contributed by atoms with Gasteiger partial charge in [0.2, 0.25) is 0 Å². The van der Waals surface area contributed by atoms with Gasteiger partial charge in [-0.2, -0.15) is 0 Å². The van der Waals surface area contributed by atoms with Crippen molar-refractivity contribution < 1.29 is 4.79 Å². The van der Waals surface area contributed by atoms with E-state index in [2.05, 4.69) is 15.3 Å². The van der Waals surface area contributed by atoms with E-state index >= 15 is 0 Å². The van der Waals surface area contributed by atoms with Crippen LogP contribution in [0.15, 0.2) is 18.3 Å². The van der Waals surface area contributed by atoms with Crippen LogP contribution in [-0.4, -0.2) is 20.4 Å². The summed E-state index contributed by atoms with van der Waals surface area (Å²) in [6, 6.07) is 3.72. The summed E-state index contributed by atoms with van der Waals surface area (Å²) >= 11 is 4.90. The van der Waals surface area contributed by atoms with Crippen molar-refractivity contribution in [1.82, 2.24) is 19.9 Å². The lowest BCUT2D eigenvalue weighted by molar-refractivity contribution is 0.0942. The number of H-pyrrole nitrogens is 2. The average Bonchev–Trinajstić information content (AvgIpc) is 2.84. The fourth-order valence-electron chi connectivity index (χ4n) is 1.57. The molecular weight excluding hydrogens is 236 g/mol. The summed E-state index contributed by atoms with van der Waals surface area (Å²) in [7, 11) is 1.87. The molecule has 5 nitrogen and oxygen atoms in total. The van der Waals surface area contributed by atoms with E-state index < -0.39 is 0 Å². The van der Waals surface area contributed by atoms with Crippen molar-refractivity contribution in [2.75, 3.05) is 0 Å². The number of amides is 1. The fourth-order valence-corrected chi connectivity index (χ4v) is 1.76. The smallest absolute Gasteiger partial charge is 0.268 e. The standard InChI is InChI=1S/C11H14N4OS/c1-7-3-4-9(15(7)2)10(16)12-5-8-6-13-11(17)14-8/h3-4,6H,5H2,1-2H3,(H,12,16)(H2,13,14,17). The molecule has 0 saturated carbocycles. The number of aryl methyl sites for hydroxylation is 1. The molecule has 1 amide bonds. The molecule has 2 heterocycles. The third kappa shape index (κ3) is 2.47. The number of carbonyl (C=O) groups excluding carboxylic acids is 1. The maximum absolute atomic E-state index is 11.9. The van der Waals surface area contributed by atoms with E-state index in [1.807, 2.05) is 30.7 Å². The molecule has 2 aromatic rings. The van der Waals surface area contributed by atoms with E-state index in [-0.39, 0.29) is 5.91 Å². The van der Waals surface area contributed by atoms with Gasteiger partial charge in [0.1, 0.15) is 5.69 Å². The number of aromatic nitrogens is 3. The molecule has 0 aliphatic rings. The summed E-state index contributed by atoms with van der Waals surface area (Å²) in [5.74, 6) is -0.0962. The summed E-state index contributed by atoms with van der Waals surface area (Å²) in [6.45, 7) is 2.39. The number of carbonyl (C=O) groups is 1. The molecule has 17 heavy (non-hydrogen) atoms. The van der Waals surface area contributed by atoms with Crippen molar-refractivity contribution >= 4 is 18.1 Å². The van der Waals surface area contributed by atoms with Gasteiger partial charge in [0.05, 0.1) is 12.2 Å². The summed E-state index contributed by atoms with van der Waals surface area (Å²) in [5, 5.41) is 2.83. The molecule has 6 heteroatoms. The van der Waals surface area contributed by atoms with Crippen molar-refractivity contribution in [3.63, 3.8) is 0 Å². The lowest BCUT2D eigenvalue weighted by Gasteiger charge is -2.05. The van der Waals surface area contributed by atoms with E-state index in [1.165, 1.54) is 0 Å². The maximum atomic E-state index is 11.9. The molecule has 0 radical (unpaired) electrons. The van der Waals surface area contributed by atoms with Crippen molar-refractivity contribution in [1.29, 1.82) is 0 Å². The van der Waals surface area contributed by atoms with Crippen LogP contribution < -0.4 is 5.32 Å². The molecule has 2 aromatic heterocycles. The molecule has 0 fully saturated rings. The minimum atomic E-state index is -0.0962. The number of rotatable bonds is 3. The first-order valence-corrected chi connectivity index (χ1v) is 5.66. The number of aromatic amines is 2. The maximum Gasteiger partial charge on any atom is 0.268 e. The lowest BCUT2D eigenvalue weighted by atomic mass is 10.4. The summed E-state index contributed by atoms with van der Waals surface area (Å²) < 4.78 is 2.42. The Morgan fingerprint density at radius 2 is 2.29 bits per heavy atom. The van der Waals surface area contributed by atoms with Gasteiger partial charge in [0.15, 0.2) is 4.77 Å². The Morgan fingerprint density at radius 3 is 2.82 bits per heavy atom. The fraction of sp³-hybridized carbons (Fsp3) is 0.273. The summed E-state index contributed by atoms with van der Waals surface area (Å²) in [5.41, 5.74) is 2.56. The normalized spacial score (nSPS) is 10.5. The molecule has 0 aromatic carbocycles. The van der Waals surface area contributed by atoms with E-state index in [1.54, 1.807) is 6.20 Å². The van der Waals surface area contributed by atoms with Gasteiger partial charge in [-0.3, -0.25) is 4.79 Å². The molecule has 0 unspecified atom stereocenters. The van der Waals surface area contributed by atoms with Crippen molar-refractivity contribution in [2.45, 2.75) is 13.5 Å². The average molecular weight is 250 g/mol. The highest BCUT2D eigenvalue weighted by Gasteiger charge is 2.10. The Bertz CT molecular complexity index is 593. The third-order valence-corrected chi connectivity index (χ3v) is 2.92. The molecule has 2 rings (SSSR count). The Hall–Kier alpha value is -1.82. The van der Waals surface area contributed by atoms with Crippen LogP contribution in [0.25, 0.3) is 0 Å². The monoisotopic (exact) mass is 250 g/mol. The van der Waals surface area contributed by atoms with E-state index in [0.717, 1.165) is 11.4 Å². The Morgan fingerprint density at radius 1 is 1.53 bits per heavy atom. The highest BCUT2D eigenvalue weighted by molar-refractivity contribution is 7.71. The zero-order chi connectivity index (χ0) is 12.4. The highest BCUT2D eigenvalue weighted by atomic mass is 32.1. The van der Waals surface area contributed by atoms with Gasteiger partial charge in [-0.15, -0.1) is 0 Å². The van der Waals surface area contributed by atoms with Crippen LogP contribution in [0.3, 0.4) is 0 Å².